The molecule has 0 saturated heterocycles. The van der Waals surface area contributed by atoms with Gasteiger partial charge in [0.05, 0.1) is 5.56 Å². The first kappa shape index (κ1) is 14.3. The summed E-state index contributed by atoms with van der Waals surface area (Å²) in [6.45, 7) is 0. The summed E-state index contributed by atoms with van der Waals surface area (Å²) >= 11 is 5.77. The SMILES string of the molecule is O=C(CCc1ccccc1C(=O)O)c1ccc(Cl)cc1. The van der Waals surface area contributed by atoms with Gasteiger partial charge in [-0.3, -0.25) is 4.79 Å². The molecule has 0 heterocycles. The quantitative estimate of drug-likeness (QED) is 0.850. The van der Waals surface area contributed by atoms with Crippen LogP contribution in [0.4, 0.5) is 0 Å². The van der Waals surface area contributed by atoms with Crippen molar-refractivity contribution in [2.75, 3.05) is 0 Å². The summed E-state index contributed by atoms with van der Waals surface area (Å²) in [5, 5.41) is 9.66. The van der Waals surface area contributed by atoms with Crippen molar-refractivity contribution in [3.8, 4) is 0 Å². The Morgan fingerprint density at radius 3 is 2.30 bits per heavy atom. The molecule has 4 heteroatoms. The van der Waals surface area contributed by atoms with Gasteiger partial charge < -0.3 is 5.11 Å². The summed E-state index contributed by atoms with van der Waals surface area (Å²) in [6.07, 6.45) is 0.676. The Bertz CT molecular complexity index is 632. The number of halogens is 1. The molecule has 0 atom stereocenters. The van der Waals surface area contributed by atoms with E-state index in [9.17, 15) is 9.59 Å². The highest BCUT2D eigenvalue weighted by molar-refractivity contribution is 6.30. The first-order valence-corrected chi connectivity index (χ1v) is 6.55. The minimum Gasteiger partial charge on any atom is -0.478 e. The number of benzene rings is 2. The lowest BCUT2D eigenvalue weighted by Gasteiger charge is -2.05. The fraction of sp³-hybridized carbons (Fsp3) is 0.125. The van der Waals surface area contributed by atoms with E-state index in [4.69, 9.17) is 16.7 Å². The molecule has 0 aliphatic heterocycles. The predicted octanol–water partition coefficient (Wildman–Crippen LogP) is 3.85. The molecule has 0 aliphatic rings. The van der Waals surface area contributed by atoms with Crippen LogP contribution in [-0.4, -0.2) is 16.9 Å². The molecule has 102 valence electrons. The van der Waals surface area contributed by atoms with Crippen LogP contribution in [0.5, 0.6) is 0 Å². The minimum absolute atomic E-state index is 0.0261. The van der Waals surface area contributed by atoms with Crippen LogP contribution < -0.4 is 0 Å². The molecule has 0 fully saturated rings. The number of aryl methyl sites for hydroxylation is 1. The van der Waals surface area contributed by atoms with Gasteiger partial charge in [0.2, 0.25) is 0 Å². The number of aromatic carboxylic acids is 1. The monoisotopic (exact) mass is 288 g/mol. The first-order chi connectivity index (χ1) is 9.58. The lowest BCUT2D eigenvalue weighted by atomic mass is 9.99. The number of carboxylic acids is 1. The number of Topliss-reactive ketones (excluding diaryl/α,β-unsaturated/α-hetero) is 1. The number of carbonyl (C=O) groups is 2. The van der Waals surface area contributed by atoms with Crippen LogP contribution >= 0.6 is 11.6 Å². The molecule has 2 rings (SSSR count). The zero-order valence-corrected chi connectivity index (χ0v) is 11.4. The van der Waals surface area contributed by atoms with E-state index in [1.807, 2.05) is 0 Å². The van der Waals surface area contributed by atoms with Gasteiger partial charge in [-0.05, 0) is 42.3 Å². The van der Waals surface area contributed by atoms with Crippen molar-refractivity contribution in [3.63, 3.8) is 0 Å². The third-order valence-corrected chi connectivity index (χ3v) is 3.29. The Morgan fingerprint density at radius 1 is 1.00 bits per heavy atom. The van der Waals surface area contributed by atoms with Crippen LogP contribution in [-0.2, 0) is 6.42 Å². The van der Waals surface area contributed by atoms with Gasteiger partial charge in [0.1, 0.15) is 0 Å². The number of hydrogen-bond acceptors (Lipinski definition) is 2. The number of carbonyl (C=O) groups excluding carboxylic acids is 1. The third kappa shape index (κ3) is 3.45. The van der Waals surface area contributed by atoms with Gasteiger partial charge in [-0.25, -0.2) is 4.79 Å². The Morgan fingerprint density at radius 2 is 1.65 bits per heavy atom. The van der Waals surface area contributed by atoms with Crippen LogP contribution in [0.15, 0.2) is 48.5 Å². The molecule has 0 aliphatic carbocycles. The highest BCUT2D eigenvalue weighted by Crippen LogP contribution is 2.15. The third-order valence-electron chi connectivity index (χ3n) is 3.04. The number of carboxylic acid groups (broad SMARTS) is 1. The van der Waals surface area contributed by atoms with Crippen molar-refractivity contribution < 1.29 is 14.7 Å². The van der Waals surface area contributed by atoms with E-state index in [1.165, 1.54) is 0 Å². The number of rotatable bonds is 5. The maximum Gasteiger partial charge on any atom is 0.335 e. The molecule has 0 spiro atoms. The molecule has 0 unspecified atom stereocenters. The summed E-state index contributed by atoms with van der Waals surface area (Å²) in [6, 6.07) is 13.4. The Labute approximate surface area is 121 Å². The van der Waals surface area contributed by atoms with Gasteiger partial charge in [-0.2, -0.15) is 0 Å². The second-order valence-electron chi connectivity index (χ2n) is 4.39. The molecule has 2 aromatic rings. The van der Waals surface area contributed by atoms with E-state index in [1.54, 1.807) is 48.5 Å². The molecule has 0 saturated carbocycles. The van der Waals surface area contributed by atoms with Gasteiger partial charge in [-0.1, -0.05) is 29.8 Å². The van der Waals surface area contributed by atoms with Gasteiger partial charge in [0.15, 0.2) is 5.78 Å². The summed E-state index contributed by atoms with van der Waals surface area (Å²) in [5.74, 6) is -0.999. The van der Waals surface area contributed by atoms with Crippen LogP contribution in [0.25, 0.3) is 0 Å². The van der Waals surface area contributed by atoms with Crippen molar-refractivity contribution in [3.05, 3.63) is 70.2 Å². The fourth-order valence-corrected chi connectivity index (χ4v) is 2.10. The predicted molar refractivity (Wildman–Crippen MR) is 77.5 cm³/mol. The molecule has 20 heavy (non-hydrogen) atoms. The smallest absolute Gasteiger partial charge is 0.335 e. The topological polar surface area (TPSA) is 54.4 Å². The van der Waals surface area contributed by atoms with Crippen molar-refractivity contribution in [2.24, 2.45) is 0 Å². The standard InChI is InChI=1S/C16H13ClO3/c17-13-8-5-12(6-9-13)15(18)10-7-11-3-1-2-4-14(11)16(19)20/h1-6,8-9H,7,10H2,(H,19,20). The van der Waals surface area contributed by atoms with Crippen LogP contribution in [0, 0.1) is 0 Å². The second kappa shape index (κ2) is 6.35. The average molecular weight is 289 g/mol. The van der Waals surface area contributed by atoms with Crippen molar-refractivity contribution in [1.82, 2.24) is 0 Å². The molecule has 1 N–H and O–H groups in total. The lowest BCUT2D eigenvalue weighted by molar-refractivity contribution is 0.0695. The maximum atomic E-state index is 12.0. The van der Waals surface area contributed by atoms with Crippen LogP contribution in [0.2, 0.25) is 5.02 Å². The van der Waals surface area contributed by atoms with E-state index in [0.717, 1.165) is 0 Å². The zero-order chi connectivity index (χ0) is 14.5. The molecular formula is C16H13ClO3. The summed E-state index contributed by atoms with van der Waals surface area (Å²) in [4.78, 5) is 23.1. The van der Waals surface area contributed by atoms with E-state index < -0.39 is 5.97 Å². The molecule has 2 aromatic carbocycles. The molecular weight excluding hydrogens is 276 g/mol. The zero-order valence-electron chi connectivity index (χ0n) is 10.7. The Hall–Kier alpha value is -2.13. The number of hydrogen-bond donors (Lipinski definition) is 1. The van der Waals surface area contributed by atoms with Crippen molar-refractivity contribution in [1.29, 1.82) is 0 Å². The maximum absolute atomic E-state index is 12.0. The van der Waals surface area contributed by atoms with Gasteiger partial charge in [0.25, 0.3) is 0 Å². The molecule has 0 radical (unpaired) electrons. The number of ketones is 1. The van der Waals surface area contributed by atoms with Gasteiger partial charge in [0, 0.05) is 17.0 Å². The molecule has 3 nitrogen and oxygen atoms in total. The van der Waals surface area contributed by atoms with Gasteiger partial charge >= 0.3 is 5.97 Å². The summed E-state index contributed by atoms with van der Waals surface area (Å²) in [7, 11) is 0. The Balaban J connectivity index is 2.07. The normalized spacial score (nSPS) is 10.2. The summed E-state index contributed by atoms with van der Waals surface area (Å²) in [5.41, 5.74) is 1.50. The molecule has 0 amide bonds. The second-order valence-corrected chi connectivity index (χ2v) is 4.83. The fourth-order valence-electron chi connectivity index (χ4n) is 1.98. The molecule has 0 aromatic heterocycles. The van der Waals surface area contributed by atoms with E-state index in [2.05, 4.69) is 0 Å². The van der Waals surface area contributed by atoms with E-state index in [-0.39, 0.29) is 17.8 Å². The van der Waals surface area contributed by atoms with Gasteiger partial charge in [-0.15, -0.1) is 0 Å². The first-order valence-electron chi connectivity index (χ1n) is 6.18. The van der Waals surface area contributed by atoms with Crippen LogP contribution in [0.1, 0.15) is 32.7 Å². The highest BCUT2D eigenvalue weighted by Gasteiger charge is 2.11. The minimum atomic E-state index is -0.973. The van der Waals surface area contributed by atoms with E-state index in [0.29, 0.717) is 22.6 Å². The van der Waals surface area contributed by atoms with Crippen LogP contribution in [0.3, 0.4) is 0 Å². The lowest BCUT2D eigenvalue weighted by Crippen LogP contribution is -2.06. The van der Waals surface area contributed by atoms with E-state index >= 15 is 0 Å². The largest absolute Gasteiger partial charge is 0.478 e. The highest BCUT2D eigenvalue weighted by atomic mass is 35.5. The summed E-state index contributed by atoms with van der Waals surface area (Å²) < 4.78 is 0. The van der Waals surface area contributed by atoms with Crippen molar-refractivity contribution >= 4 is 23.4 Å². The Kier molecular flexibility index (Phi) is 4.53. The van der Waals surface area contributed by atoms with Crippen molar-refractivity contribution in [2.45, 2.75) is 12.8 Å². The average Bonchev–Trinajstić information content (AvgIpc) is 2.45. The molecule has 0 bridgehead atoms.